The normalized spacial score (nSPS) is 14.2. The Kier molecular flexibility index (Phi) is 9.39. The maximum atomic E-state index is 11.3. The average Bonchev–Trinajstić information content (AvgIpc) is 2.47. The molecule has 2 heteroatoms. The van der Waals surface area contributed by atoms with E-state index in [1.54, 1.807) is 0 Å². The van der Waals surface area contributed by atoms with Gasteiger partial charge in [-0.05, 0) is 60.7 Å². The molecule has 0 aliphatic rings. The predicted octanol–water partition coefficient (Wildman–Crippen LogP) is 8.06. The lowest BCUT2D eigenvalue weighted by Crippen LogP contribution is -2.44. The Bertz CT molecular complexity index is 612. The van der Waals surface area contributed by atoms with Crippen LogP contribution < -0.4 is 0 Å². The number of rotatable bonds is 13. The number of hydrogen-bond acceptors (Lipinski definition) is 2. The summed E-state index contributed by atoms with van der Waals surface area (Å²) in [7, 11) is 0. The van der Waals surface area contributed by atoms with E-state index in [9.17, 15) is 4.79 Å². The second-order valence-electron chi connectivity index (χ2n) is 11.7. The van der Waals surface area contributed by atoms with E-state index < -0.39 is 0 Å². The number of hydrogen-bond donors (Lipinski definition) is 0. The van der Waals surface area contributed by atoms with E-state index in [2.05, 4.69) is 80.1 Å². The number of carbonyl (C=O) groups excluding carboxylic acids is 1. The standard InChI is InChI=1S/C26H45NO/c1-13-14-15-23(5,6)17-25(9,10)22(27-19-28)26(11,12)18-24(7,8)16-21(4)20(2)3/h13,22H,1-2,4,14-18H2,3,5-12H3. The van der Waals surface area contributed by atoms with Crippen LogP contribution in [-0.2, 0) is 4.79 Å². The lowest BCUT2D eigenvalue weighted by molar-refractivity contribution is 0.0586. The largest absolute Gasteiger partial charge is 0.235 e. The molecule has 0 saturated heterocycles. The van der Waals surface area contributed by atoms with Crippen molar-refractivity contribution in [3.8, 4) is 0 Å². The van der Waals surface area contributed by atoms with Gasteiger partial charge in [0.2, 0.25) is 6.08 Å². The van der Waals surface area contributed by atoms with Crippen LogP contribution >= 0.6 is 0 Å². The summed E-state index contributed by atoms with van der Waals surface area (Å²) in [6.45, 7) is 32.2. The Morgan fingerprint density at radius 2 is 1.43 bits per heavy atom. The molecular weight excluding hydrogens is 342 g/mol. The number of allylic oxidation sites excluding steroid dienone is 3. The lowest BCUT2D eigenvalue weighted by atomic mass is 9.59. The Labute approximate surface area is 175 Å². The maximum absolute atomic E-state index is 11.3. The molecule has 0 aliphatic heterocycles. The molecule has 2 nitrogen and oxygen atoms in total. The van der Waals surface area contributed by atoms with Crippen molar-refractivity contribution in [2.45, 2.75) is 100 Å². The highest BCUT2D eigenvalue weighted by Gasteiger charge is 2.45. The third-order valence-electron chi connectivity index (χ3n) is 5.85. The highest BCUT2D eigenvalue weighted by atomic mass is 16.1. The SMILES string of the molecule is C=CCCC(C)(C)CC(C)(C)C(N=C=O)C(C)(C)CC(C)(C)CC(=C)C(=C)C. The number of isocyanates is 1. The van der Waals surface area contributed by atoms with Crippen molar-refractivity contribution >= 4 is 6.08 Å². The van der Waals surface area contributed by atoms with Crippen LogP contribution in [0.3, 0.4) is 0 Å². The van der Waals surface area contributed by atoms with Gasteiger partial charge in [-0.15, -0.1) is 6.58 Å². The molecule has 0 aliphatic carbocycles. The van der Waals surface area contributed by atoms with Crippen molar-refractivity contribution < 1.29 is 4.79 Å². The zero-order valence-electron chi connectivity index (χ0n) is 20.2. The zero-order valence-corrected chi connectivity index (χ0v) is 20.2. The molecule has 0 amide bonds. The fraction of sp³-hybridized carbons (Fsp3) is 0.731. The molecule has 0 saturated carbocycles. The summed E-state index contributed by atoms with van der Waals surface area (Å²) in [6.07, 6.45) is 8.79. The van der Waals surface area contributed by atoms with Crippen molar-refractivity contribution in [3.05, 3.63) is 37.0 Å². The summed E-state index contributed by atoms with van der Waals surface area (Å²) in [5.41, 5.74) is 2.08. The van der Waals surface area contributed by atoms with Gasteiger partial charge in [-0.3, -0.25) is 0 Å². The third-order valence-corrected chi connectivity index (χ3v) is 5.85. The van der Waals surface area contributed by atoms with Gasteiger partial charge in [0.1, 0.15) is 0 Å². The molecule has 0 N–H and O–H groups in total. The monoisotopic (exact) mass is 387 g/mol. The molecule has 0 rings (SSSR count). The van der Waals surface area contributed by atoms with Crippen LogP contribution in [0.1, 0.15) is 94.4 Å². The van der Waals surface area contributed by atoms with Gasteiger partial charge >= 0.3 is 0 Å². The fourth-order valence-electron chi connectivity index (χ4n) is 5.49. The zero-order chi connectivity index (χ0) is 22.4. The van der Waals surface area contributed by atoms with Crippen LogP contribution in [0.25, 0.3) is 0 Å². The van der Waals surface area contributed by atoms with Crippen LogP contribution in [0.4, 0.5) is 0 Å². The fourth-order valence-corrected chi connectivity index (χ4v) is 5.49. The van der Waals surface area contributed by atoms with Gasteiger partial charge in [-0.1, -0.05) is 85.8 Å². The Morgan fingerprint density at radius 1 is 0.964 bits per heavy atom. The first-order valence-corrected chi connectivity index (χ1v) is 10.5. The second-order valence-corrected chi connectivity index (χ2v) is 11.7. The molecule has 0 aromatic carbocycles. The highest BCUT2D eigenvalue weighted by Crippen LogP contribution is 2.50. The van der Waals surface area contributed by atoms with Crippen LogP contribution in [0.5, 0.6) is 0 Å². The van der Waals surface area contributed by atoms with E-state index in [1.807, 2.05) is 19.1 Å². The van der Waals surface area contributed by atoms with Gasteiger partial charge in [0.25, 0.3) is 0 Å². The topological polar surface area (TPSA) is 29.4 Å². The van der Waals surface area contributed by atoms with Crippen molar-refractivity contribution in [1.29, 1.82) is 0 Å². The smallest absolute Gasteiger partial charge is 0.211 e. The Balaban J connectivity index is 5.67. The molecule has 0 fully saturated rings. The first kappa shape index (κ1) is 26.6. The van der Waals surface area contributed by atoms with E-state index in [-0.39, 0.29) is 27.7 Å². The molecule has 1 atom stereocenters. The van der Waals surface area contributed by atoms with Crippen molar-refractivity contribution in [2.24, 2.45) is 26.7 Å². The molecular formula is C26H45NO. The predicted molar refractivity (Wildman–Crippen MR) is 124 cm³/mol. The van der Waals surface area contributed by atoms with Crippen LogP contribution in [0.2, 0.25) is 0 Å². The minimum Gasteiger partial charge on any atom is -0.211 e. The summed E-state index contributed by atoms with van der Waals surface area (Å²) in [5.74, 6) is 0. The maximum Gasteiger partial charge on any atom is 0.235 e. The van der Waals surface area contributed by atoms with Gasteiger partial charge < -0.3 is 0 Å². The molecule has 0 radical (unpaired) electrons. The van der Waals surface area contributed by atoms with E-state index in [0.717, 1.165) is 43.3 Å². The first-order chi connectivity index (χ1) is 12.5. The third kappa shape index (κ3) is 8.74. The minimum absolute atomic E-state index is 0.0463. The molecule has 0 aromatic heterocycles. The van der Waals surface area contributed by atoms with Gasteiger partial charge in [-0.2, -0.15) is 0 Å². The molecule has 1 unspecified atom stereocenters. The molecule has 0 aromatic rings. The molecule has 160 valence electrons. The number of nitrogens with zero attached hydrogens (tertiary/aromatic N) is 1. The summed E-state index contributed by atoms with van der Waals surface area (Å²) in [5, 5.41) is 0. The van der Waals surface area contributed by atoms with Gasteiger partial charge in [0.15, 0.2) is 0 Å². The van der Waals surface area contributed by atoms with Crippen LogP contribution in [0.15, 0.2) is 42.0 Å². The van der Waals surface area contributed by atoms with Crippen molar-refractivity contribution in [3.63, 3.8) is 0 Å². The number of aliphatic imine (C=N–C) groups is 1. The van der Waals surface area contributed by atoms with E-state index in [0.29, 0.717) is 0 Å². The van der Waals surface area contributed by atoms with E-state index >= 15 is 0 Å². The van der Waals surface area contributed by atoms with Crippen LogP contribution in [0, 0.1) is 21.7 Å². The highest BCUT2D eigenvalue weighted by molar-refractivity contribution is 5.34. The van der Waals surface area contributed by atoms with Gasteiger partial charge in [0.05, 0.1) is 6.04 Å². The van der Waals surface area contributed by atoms with Crippen LogP contribution in [-0.4, -0.2) is 12.1 Å². The van der Waals surface area contributed by atoms with E-state index in [1.165, 1.54) is 0 Å². The molecule has 0 spiro atoms. The Hall–Kier alpha value is -1.40. The first-order valence-electron chi connectivity index (χ1n) is 10.5. The summed E-state index contributed by atoms with van der Waals surface area (Å²) in [6, 6.07) is -0.0992. The quantitative estimate of drug-likeness (QED) is 0.136. The van der Waals surface area contributed by atoms with E-state index in [4.69, 9.17) is 0 Å². The minimum atomic E-state index is -0.145. The summed E-state index contributed by atoms with van der Waals surface area (Å²) in [4.78, 5) is 15.7. The lowest BCUT2D eigenvalue weighted by Gasteiger charge is -2.47. The Morgan fingerprint density at radius 3 is 1.82 bits per heavy atom. The molecule has 0 heterocycles. The van der Waals surface area contributed by atoms with Gasteiger partial charge in [-0.25, -0.2) is 9.79 Å². The van der Waals surface area contributed by atoms with Gasteiger partial charge in [0, 0.05) is 0 Å². The van der Waals surface area contributed by atoms with Crippen molar-refractivity contribution in [2.75, 3.05) is 0 Å². The summed E-state index contributed by atoms with van der Waals surface area (Å²) < 4.78 is 0. The summed E-state index contributed by atoms with van der Waals surface area (Å²) >= 11 is 0. The molecule has 28 heavy (non-hydrogen) atoms. The van der Waals surface area contributed by atoms with Crippen molar-refractivity contribution in [1.82, 2.24) is 0 Å². The molecule has 0 bridgehead atoms. The second kappa shape index (κ2) is 9.88. The average molecular weight is 388 g/mol.